The first-order chi connectivity index (χ1) is 10.2. The normalized spacial score (nSPS) is 10.2. The molecule has 2 aromatic carbocycles. The lowest BCUT2D eigenvalue weighted by Crippen LogP contribution is -2.23. The van der Waals surface area contributed by atoms with Crippen molar-refractivity contribution in [2.24, 2.45) is 0 Å². The third kappa shape index (κ3) is 4.60. The highest BCUT2D eigenvalue weighted by molar-refractivity contribution is 5.76. The van der Waals surface area contributed by atoms with Crippen molar-refractivity contribution in [3.63, 3.8) is 0 Å². The Bertz CT molecular complexity index is 613. The fourth-order valence-corrected chi connectivity index (χ4v) is 2.02. The smallest absolute Gasteiger partial charge is 0.220 e. The van der Waals surface area contributed by atoms with Gasteiger partial charge in [-0.05, 0) is 35.7 Å². The van der Waals surface area contributed by atoms with Crippen LogP contribution < -0.4 is 10.1 Å². The second kappa shape index (κ2) is 7.43. The summed E-state index contributed by atoms with van der Waals surface area (Å²) < 4.78 is 18.6. The van der Waals surface area contributed by atoms with Gasteiger partial charge < -0.3 is 10.1 Å². The number of halogens is 1. The molecule has 1 N–H and O–H groups in total. The number of carbonyl (C=O) groups is 1. The minimum Gasteiger partial charge on any atom is -0.497 e. The van der Waals surface area contributed by atoms with Gasteiger partial charge in [0.15, 0.2) is 0 Å². The van der Waals surface area contributed by atoms with Gasteiger partial charge >= 0.3 is 0 Å². The number of benzene rings is 2. The van der Waals surface area contributed by atoms with Crippen LogP contribution in [0, 0.1) is 5.82 Å². The van der Waals surface area contributed by atoms with Crippen LogP contribution in [0.4, 0.5) is 4.39 Å². The summed E-state index contributed by atoms with van der Waals surface area (Å²) >= 11 is 0. The number of hydrogen-bond acceptors (Lipinski definition) is 2. The summed E-state index contributed by atoms with van der Waals surface area (Å²) in [5.74, 6) is 0.396. The topological polar surface area (TPSA) is 38.3 Å². The number of rotatable bonds is 6. The van der Waals surface area contributed by atoms with Crippen LogP contribution in [0.2, 0.25) is 0 Å². The Balaban J connectivity index is 1.81. The molecule has 0 spiro atoms. The van der Waals surface area contributed by atoms with Gasteiger partial charge in [0.25, 0.3) is 0 Å². The molecule has 0 aliphatic rings. The number of hydrogen-bond donors (Lipinski definition) is 1. The maximum Gasteiger partial charge on any atom is 0.220 e. The molecule has 0 aliphatic carbocycles. The molecule has 0 heterocycles. The molecule has 2 rings (SSSR count). The zero-order valence-electron chi connectivity index (χ0n) is 11.9. The van der Waals surface area contributed by atoms with Crippen molar-refractivity contribution in [1.29, 1.82) is 0 Å². The summed E-state index contributed by atoms with van der Waals surface area (Å²) in [5, 5.41) is 2.82. The van der Waals surface area contributed by atoms with Gasteiger partial charge in [0, 0.05) is 13.0 Å². The molecule has 0 atom stereocenters. The van der Waals surface area contributed by atoms with Crippen molar-refractivity contribution in [3.05, 3.63) is 65.5 Å². The predicted octanol–water partition coefficient (Wildman–Crippen LogP) is 3.08. The second-order valence-electron chi connectivity index (χ2n) is 4.72. The van der Waals surface area contributed by atoms with Gasteiger partial charge in [-0.25, -0.2) is 4.39 Å². The van der Waals surface area contributed by atoms with Crippen LogP contribution in [0.15, 0.2) is 48.5 Å². The Hall–Kier alpha value is -2.36. The van der Waals surface area contributed by atoms with Gasteiger partial charge in [-0.15, -0.1) is 0 Å². The average molecular weight is 287 g/mol. The SMILES string of the molecule is COc1cccc(CNC(=O)CCc2ccccc2F)c1. The second-order valence-corrected chi connectivity index (χ2v) is 4.72. The number of carbonyl (C=O) groups excluding carboxylic acids is 1. The summed E-state index contributed by atoms with van der Waals surface area (Å²) in [5.41, 5.74) is 1.53. The molecule has 0 aliphatic heterocycles. The molecular weight excluding hydrogens is 269 g/mol. The van der Waals surface area contributed by atoms with Gasteiger partial charge in [0.2, 0.25) is 5.91 Å². The molecule has 2 aromatic rings. The Morgan fingerprint density at radius 2 is 2.00 bits per heavy atom. The van der Waals surface area contributed by atoms with Gasteiger partial charge in [-0.3, -0.25) is 4.79 Å². The van der Waals surface area contributed by atoms with Crippen molar-refractivity contribution in [2.45, 2.75) is 19.4 Å². The van der Waals surface area contributed by atoms with E-state index in [1.807, 2.05) is 24.3 Å². The third-order valence-electron chi connectivity index (χ3n) is 3.20. The maximum absolute atomic E-state index is 13.4. The van der Waals surface area contributed by atoms with E-state index in [0.29, 0.717) is 18.5 Å². The van der Waals surface area contributed by atoms with E-state index in [0.717, 1.165) is 11.3 Å². The average Bonchev–Trinajstić information content (AvgIpc) is 2.52. The lowest BCUT2D eigenvalue weighted by atomic mass is 10.1. The summed E-state index contributed by atoms with van der Waals surface area (Å²) in [6.07, 6.45) is 0.668. The quantitative estimate of drug-likeness (QED) is 0.886. The lowest BCUT2D eigenvalue weighted by Gasteiger charge is -2.07. The van der Waals surface area contributed by atoms with E-state index in [4.69, 9.17) is 4.74 Å². The molecule has 0 aromatic heterocycles. The van der Waals surface area contributed by atoms with Crippen molar-refractivity contribution < 1.29 is 13.9 Å². The molecule has 0 fully saturated rings. The van der Waals surface area contributed by atoms with Crippen molar-refractivity contribution in [1.82, 2.24) is 5.32 Å². The van der Waals surface area contributed by atoms with Gasteiger partial charge in [0.05, 0.1) is 7.11 Å². The number of ether oxygens (including phenoxy) is 1. The first-order valence-corrected chi connectivity index (χ1v) is 6.82. The fourth-order valence-electron chi connectivity index (χ4n) is 2.02. The minimum absolute atomic E-state index is 0.0962. The van der Waals surface area contributed by atoms with Gasteiger partial charge in [-0.2, -0.15) is 0 Å². The van der Waals surface area contributed by atoms with Crippen molar-refractivity contribution in [2.75, 3.05) is 7.11 Å². The molecule has 0 saturated heterocycles. The molecule has 3 nitrogen and oxygen atoms in total. The van der Waals surface area contributed by atoms with Crippen LogP contribution >= 0.6 is 0 Å². The highest BCUT2D eigenvalue weighted by atomic mass is 19.1. The third-order valence-corrected chi connectivity index (χ3v) is 3.20. The summed E-state index contributed by atoms with van der Waals surface area (Å²) in [6.45, 7) is 0.438. The monoisotopic (exact) mass is 287 g/mol. The molecule has 110 valence electrons. The van der Waals surface area contributed by atoms with Gasteiger partial charge in [0.1, 0.15) is 11.6 Å². The zero-order valence-corrected chi connectivity index (χ0v) is 11.9. The highest BCUT2D eigenvalue weighted by Gasteiger charge is 2.05. The minimum atomic E-state index is -0.266. The van der Waals surface area contributed by atoms with E-state index in [1.54, 1.807) is 25.3 Å². The molecule has 0 saturated carbocycles. The Kier molecular flexibility index (Phi) is 5.32. The van der Waals surface area contributed by atoms with E-state index in [1.165, 1.54) is 6.07 Å². The van der Waals surface area contributed by atoms with Crippen LogP contribution in [0.5, 0.6) is 5.75 Å². The van der Waals surface area contributed by atoms with E-state index in [2.05, 4.69) is 5.32 Å². The van der Waals surface area contributed by atoms with E-state index in [-0.39, 0.29) is 18.1 Å². The Morgan fingerprint density at radius 1 is 1.19 bits per heavy atom. The zero-order chi connectivity index (χ0) is 15.1. The van der Waals surface area contributed by atoms with Crippen LogP contribution in [0.25, 0.3) is 0 Å². The van der Waals surface area contributed by atoms with Crippen molar-refractivity contribution >= 4 is 5.91 Å². The fraction of sp³-hybridized carbons (Fsp3) is 0.235. The van der Waals surface area contributed by atoms with Gasteiger partial charge in [-0.1, -0.05) is 30.3 Å². The van der Waals surface area contributed by atoms with Crippen LogP contribution in [0.3, 0.4) is 0 Å². The summed E-state index contributed by atoms with van der Waals surface area (Å²) in [7, 11) is 1.60. The molecule has 0 unspecified atom stereocenters. The number of methoxy groups -OCH3 is 1. The van der Waals surface area contributed by atoms with E-state index >= 15 is 0 Å². The summed E-state index contributed by atoms with van der Waals surface area (Å²) in [6, 6.07) is 14.0. The molecule has 4 heteroatoms. The standard InChI is InChI=1S/C17H18FNO2/c1-21-15-7-4-5-13(11-15)12-19-17(20)10-9-14-6-2-3-8-16(14)18/h2-8,11H,9-10,12H2,1H3,(H,19,20). The highest BCUT2D eigenvalue weighted by Crippen LogP contribution is 2.12. The lowest BCUT2D eigenvalue weighted by molar-refractivity contribution is -0.121. The molecule has 21 heavy (non-hydrogen) atoms. The van der Waals surface area contributed by atoms with Crippen LogP contribution in [0.1, 0.15) is 17.5 Å². The molecular formula is C17H18FNO2. The van der Waals surface area contributed by atoms with Crippen LogP contribution in [-0.2, 0) is 17.8 Å². The van der Waals surface area contributed by atoms with E-state index in [9.17, 15) is 9.18 Å². The first-order valence-electron chi connectivity index (χ1n) is 6.82. The first kappa shape index (κ1) is 15.0. The molecule has 0 radical (unpaired) electrons. The molecule has 0 bridgehead atoms. The van der Waals surface area contributed by atoms with Crippen LogP contribution in [-0.4, -0.2) is 13.0 Å². The number of amides is 1. The Morgan fingerprint density at radius 3 is 2.76 bits per heavy atom. The Labute approximate surface area is 123 Å². The summed E-state index contributed by atoms with van der Waals surface area (Å²) in [4.78, 5) is 11.8. The number of aryl methyl sites for hydroxylation is 1. The van der Waals surface area contributed by atoms with Crippen molar-refractivity contribution in [3.8, 4) is 5.75 Å². The number of nitrogens with one attached hydrogen (secondary N) is 1. The van der Waals surface area contributed by atoms with E-state index < -0.39 is 0 Å². The largest absolute Gasteiger partial charge is 0.497 e. The molecule has 1 amide bonds. The predicted molar refractivity (Wildman–Crippen MR) is 79.6 cm³/mol. The maximum atomic E-state index is 13.4.